The van der Waals surface area contributed by atoms with Crippen molar-refractivity contribution in [2.45, 2.75) is 52.1 Å². The van der Waals surface area contributed by atoms with Gasteiger partial charge in [0.15, 0.2) is 0 Å². The van der Waals surface area contributed by atoms with Gasteiger partial charge in [-0.05, 0) is 40.7 Å². The van der Waals surface area contributed by atoms with Crippen LogP contribution in [-0.4, -0.2) is 53.6 Å². The first-order valence-corrected chi connectivity index (χ1v) is 7.16. The van der Waals surface area contributed by atoms with E-state index in [2.05, 4.69) is 15.5 Å². The van der Waals surface area contributed by atoms with Gasteiger partial charge in [0, 0.05) is 25.0 Å². The van der Waals surface area contributed by atoms with Crippen molar-refractivity contribution >= 4 is 17.9 Å². The Balaban J connectivity index is 2.29. The Kier molecular flexibility index (Phi) is 5.71. The van der Waals surface area contributed by atoms with Crippen LogP contribution in [0.1, 0.15) is 40.0 Å². The van der Waals surface area contributed by atoms with E-state index in [9.17, 15) is 14.4 Å². The molecule has 7 nitrogen and oxygen atoms in total. The third-order valence-corrected chi connectivity index (χ3v) is 3.81. The molecule has 7 heteroatoms. The van der Waals surface area contributed by atoms with Crippen LogP contribution in [0, 0.1) is 5.41 Å². The fraction of sp³-hybridized carbons (Fsp3) is 0.786. The van der Waals surface area contributed by atoms with Gasteiger partial charge in [-0.25, -0.2) is 4.79 Å². The number of nitrogens with zero attached hydrogens (tertiary/aromatic N) is 1. The molecule has 0 aromatic carbocycles. The molecule has 0 saturated heterocycles. The summed E-state index contributed by atoms with van der Waals surface area (Å²) in [7, 11) is 2.02. The minimum atomic E-state index is -1.19. The van der Waals surface area contributed by atoms with Crippen LogP contribution in [0.2, 0.25) is 0 Å². The smallest absolute Gasteiger partial charge is 0.321 e. The summed E-state index contributed by atoms with van der Waals surface area (Å²) in [6.07, 6.45) is 2.14. The number of nitrogens with one attached hydrogen (secondary N) is 2. The van der Waals surface area contributed by atoms with Crippen LogP contribution in [0.4, 0.5) is 4.79 Å². The zero-order valence-corrected chi connectivity index (χ0v) is 13.1. The van der Waals surface area contributed by atoms with Crippen molar-refractivity contribution in [2.24, 2.45) is 5.41 Å². The molecule has 0 aromatic heterocycles. The van der Waals surface area contributed by atoms with Crippen molar-refractivity contribution in [2.75, 3.05) is 13.6 Å². The summed E-state index contributed by atoms with van der Waals surface area (Å²) in [5.74, 6) is -1.67. The summed E-state index contributed by atoms with van der Waals surface area (Å²) in [6, 6.07) is 0.203. The fourth-order valence-electron chi connectivity index (χ4n) is 1.92. The summed E-state index contributed by atoms with van der Waals surface area (Å²) >= 11 is 0. The van der Waals surface area contributed by atoms with E-state index >= 15 is 0 Å². The maximum atomic E-state index is 11.6. The normalized spacial score (nSPS) is 16.4. The molecule has 1 aliphatic rings. The molecule has 1 aliphatic carbocycles. The van der Waals surface area contributed by atoms with Gasteiger partial charge in [0.2, 0.25) is 5.91 Å². The second-order valence-electron chi connectivity index (χ2n) is 6.37. The first kappa shape index (κ1) is 17.4. The highest BCUT2D eigenvalue weighted by Crippen LogP contribution is 2.26. The minimum Gasteiger partial charge on any atom is -0.481 e. The van der Waals surface area contributed by atoms with E-state index < -0.39 is 23.3 Å². The van der Waals surface area contributed by atoms with Crippen molar-refractivity contribution in [3.63, 3.8) is 0 Å². The topological polar surface area (TPSA) is 98.7 Å². The SMILES string of the molecule is CC(CNC(=O)NC(=O)CC(C)(C)C(=O)O)N(C)C1CC1. The molecular formula is C14H25N3O4. The van der Waals surface area contributed by atoms with Gasteiger partial charge in [-0.15, -0.1) is 0 Å². The summed E-state index contributed by atoms with van der Waals surface area (Å²) in [6.45, 7) is 5.33. The monoisotopic (exact) mass is 299 g/mol. The number of carbonyl (C=O) groups excluding carboxylic acids is 2. The Morgan fingerprint density at radius 1 is 1.33 bits per heavy atom. The van der Waals surface area contributed by atoms with Gasteiger partial charge in [0.25, 0.3) is 0 Å². The van der Waals surface area contributed by atoms with Gasteiger partial charge >= 0.3 is 12.0 Å². The molecule has 0 radical (unpaired) electrons. The quantitative estimate of drug-likeness (QED) is 0.645. The van der Waals surface area contributed by atoms with Crippen LogP contribution in [0.15, 0.2) is 0 Å². The maximum Gasteiger partial charge on any atom is 0.321 e. The number of carbonyl (C=O) groups is 3. The molecule has 0 bridgehead atoms. The molecule has 21 heavy (non-hydrogen) atoms. The zero-order chi connectivity index (χ0) is 16.2. The third kappa shape index (κ3) is 5.71. The van der Waals surface area contributed by atoms with E-state index in [4.69, 9.17) is 5.11 Å². The molecule has 1 atom stereocenters. The molecular weight excluding hydrogens is 274 g/mol. The molecule has 1 fully saturated rings. The number of imide groups is 1. The number of carboxylic acids is 1. The summed E-state index contributed by atoms with van der Waals surface area (Å²) < 4.78 is 0. The predicted molar refractivity (Wildman–Crippen MR) is 77.8 cm³/mol. The van der Waals surface area contributed by atoms with E-state index in [1.165, 1.54) is 26.7 Å². The van der Waals surface area contributed by atoms with Gasteiger partial charge in [0.1, 0.15) is 0 Å². The standard InChI is InChI=1S/C14H25N3O4/c1-9(17(4)10-5-6-10)8-15-13(21)16-11(18)7-14(2,3)12(19)20/h9-10H,5-8H2,1-4H3,(H,19,20)(H2,15,16,18,21). The lowest BCUT2D eigenvalue weighted by Gasteiger charge is -2.24. The molecule has 0 aromatic rings. The number of likely N-dealkylation sites (N-methyl/N-ethyl adjacent to an activating group) is 1. The summed E-state index contributed by atoms with van der Waals surface area (Å²) in [5, 5.41) is 13.7. The number of amides is 3. The lowest BCUT2D eigenvalue weighted by atomic mass is 9.89. The van der Waals surface area contributed by atoms with Crippen molar-refractivity contribution in [3.8, 4) is 0 Å². The Morgan fingerprint density at radius 3 is 2.38 bits per heavy atom. The van der Waals surface area contributed by atoms with Crippen LogP contribution in [0.5, 0.6) is 0 Å². The van der Waals surface area contributed by atoms with Gasteiger partial charge in [-0.3, -0.25) is 19.8 Å². The number of carboxylic acid groups (broad SMARTS) is 1. The van der Waals surface area contributed by atoms with Crippen LogP contribution >= 0.6 is 0 Å². The summed E-state index contributed by atoms with van der Waals surface area (Å²) in [5.41, 5.74) is -1.19. The maximum absolute atomic E-state index is 11.6. The van der Waals surface area contributed by atoms with E-state index in [1.807, 2.05) is 14.0 Å². The summed E-state index contributed by atoms with van der Waals surface area (Å²) in [4.78, 5) is 36.4. The Morgan fingerprint density at radius 2 is 1.90 bits per heavy atom. The molecule has 1 saturated carbocycles. The van der Waals surface area contributed by atoms with Crippen molar-refractivity contribution in [1.82, 2.24) is 15.5 Å². The molecule has 0 aliphatic heterocycles. The molecule has 120 valence electrons. The van der Waals surface area contributed by atoms with Gasteiger partial charge < -0.3 is 10.4 Å². The fourth-order valence-corrected chi connectivity index (χ4v) is 1.92. The second kappa shape index (κ2) is 6.89. The van der Waals surface area contributed by atoms with E-state index in [-0.39, 0.29) is 12.5 Å². The largest absolute Gasteiger partial charge is 0.481 e. The number of rotatable bonds is 7. The number of urea groups is 1. The number of hydrogen-bond donors (Lipinski definition) is 3. The molecule has 1 rings (SSSR count). The molecule has 0 heterocycles. The Hall–Kier alpha value is -1.63. The molecule has 1 unspecified atom stereocenters. The zero-order valence-electron chi connectivity index (χ0n) is 13.1. The van der Waals surface area contributed by atoms with Crippen molar-refractivity contribution in [3.05, 3.63) is 0 Å². The Bertz CT molecular complexity index is 418. The number of aliphatic carboxylic acids is 1. The molecule has 0 spiro atoms. The molecule has 3 amide bonds. The van der Waals surface area contributed by atoms with Gasteiger partial charge in [-0.2, -0.15) is 0 Å². The van der Waals surface area contributed by atoms with E-state index in [1.54, 1.807) is 0 Å². The van der Waals surface area contributed by atoms with Crippen LogP contribution in [0.25, 0.3) is 0 Å². The highest BCUT2D eigenvalue weighted by Gasteiger charge is 2.31. The minimum absolute atomic E-state index is 0.189. The highest BCUT2D eigenvalue weighted by molar-refractivity contribution is 5.96. The third-order valence-electron chi connectivity index (χ3n) is 3.81. The lowest BCUT2D eigenvalue weighted by Crippen LogP contribution is -2.47. The van der Waals surface area contributed by atoms with Crippen LogP contribution in [-0.2, 0) is 9.59 Å². The number of hydrogen-bond acceptors (Lipinski definition) is 4. The van der Waals surface area contributed by atoms with Crippen molar-refractivity contribution < 1.29 is 19.5 Å². The van der Waals surface area contributed by atoms with Gasteiger partial charge in [0.05, 0.1) is 5.41 Å². The van der Waals surface area contributed by atoms with Crippen molar-refractivity contribution in [1.29, 1.82) is 0 Å². The van der Waals surface area contributed by atoms with Gasteiger partial charge in [-0.1, -0.05) is 0 Å². The van der Waals surface area contributed by atoms with Crippen LogP contribution < -0.4 is 10.6 Å². The second-order valence-corrected chi connectivity index (χ2v) is 6.37. The first-order chi connectivity index (χ1) is 9.63. The highest BCUT2D eigenvalue weighted by atomic mass is 16.4. The lowest BCUT2D eigenvalue weighted by molar-refractivity contribution is -0.149. The van der Waals surface area contributed by atoms with Crippen LogP contribution in [0.3, 0.4) is 0 Å². The predicted octanol–water partition coefficient (Wildman–Crippen LogP) is 0.796. The average molecular weight is 299 g/mol. The van der Waals surface area contributed by atoms with E-state index in [0.29, 0.717) is 12.6 Å². The van der Waals surface area contributed by atoms with E-state index in [0.717, 1.165) is 0 Å². The average Bonchev–Trinajstić information content (AvgIpc) is 3.18. The Labute approximate surface area is 125 Å². The first-order valence-electron chi connectivity index (χ1n) is 7.16. The molecule has 3 N–H and O–H groups in total.